The van der Waals surface area contributed by atoms with Gasteiger partial charge < -0.3 is 9.84 Å². The van der Waals surface area contributed by atoms with Gasteiger partial charge in [0.15, 0.2) is 0 Å². The minimum absolute atomic E-state index is 0.0929. The maximum absolute atomic E-state index is 12.1. The summed E-state index contributed by atoms with van der Waals surface area (Å²) >= 11 is 0. The molecule has 5 nitrogen and oxygen atoms in total. The van der Waals surface area contributed by atoms with Crippen LogP contribution >= 0.6 is 0 Å². The number of aliphatic hydroxyl groups excluding tert-OH is 1. The molecule has 0 aromatic heterocycles. The van der Waals surface area contributed by atoms with E-state index in [1.165, 1.54) is 12.8 Å². The molecule has 136 valence electrons. The molecule has 0 unspecified atom stereocenters. The fourth-order valence-electron chi connectivity index (χ4n) is 3.03. The third kappa shape index (κ3) is 6.42. The Morgan fingerprint density at radius 1 is 1.25 bits per heavy atom. The van der Waals surface area contributed by atoms with Crippen LogP contribution in [0.25, 0.3) is 0 Å². The van der Waals surface area contributed by atoms with Gasteiger partial charge in [0, 0.05) is 12.6 Å². The lowest BCUT2D eigenvalue weighted by Gasteiger charge is -2.17. The Balaban J connectivity index is 1.90. The van der Waals surface area contributed by atoms with E-state index in [4.69, 9.17) is 9.84 Å². The second-order valence-electron chi connectivity index (χ2n) is 6.54. The molecule has 6 heteroatoms. The summed E-state index contributed by atoms with van der Waals surface area (Å²) in [4.78, 5) is 0. The smallest absolute Gasteiger partial charge is 0.212 e. The van der Waals surface area contributed by atoms with Crippen molar-refractivity contribution in [2.45, 2.75) is 64.0 Å². The van der Waals surface area contributed by atoms with Gasteiger partial charge in [-0.05, 0) is 63.1 Å². The van der Waals surface area contributed by atoms with Crippen LogP contribution in [0.4, 0.5) is 0 Å². The second kappa shape index (κ2) is 9.39. The zero-order chi connectivity index (χ0) is 17.4. The van der Waals surface area contributed by atoms with E-state index in [2.05, 4.69) is 4.72 Å². The van der Waals surface area contributed by atoms with Crippen LogP contribution in [0.3, 0.4) is 0 Å². The second-order valence-corrected chi connectivity index (χ2v) is 8.41. The maximum Gasteiger partial charge on any atom is 0.212 e. The Hall–Kier alpha value is -1.11. The molecule has 1 aliphatic carbocycles. The van der Waals surface area contributed by atoms with Gasteiger partial charge in [0.25, 0.3) is 0 Å². The van der Waals surface area contributed by atoms with Crippen molar-refractivity contribution in [2.24, 2.45) is 0 Å². The van der Waals surface area contributed by atoms with Gasteiger partial charge >= 0.3 is 0 Å². The number of sulfonamides is 1. The monoisotopic (exact) mass is 355 g/mol. The number of hydrogen-bond donors (Lipinski definition) is 2. The van der Waals surface area contributed by atoms with E-state index in [1.54, 1.807) is 0 Å². The van der Waals surface area contributed by atoms with Gasteiger partial charge in [-0.1, -0.05) is 18.6 Å². The first-order valence-electron chi connectivity index (χ1n) is 8.87. The van der Waals surface area contributed by atoms with Gasteiger partial charge in [-0.15, -0.1) is 0 Å². The van der Waals surface area contributed by atoms with Gasteiger partial charge in [-0.2, -0.15) is 0 Å². The van der Waals surface area contributed by atoms with Crippen molar-refractivity contribution in [3.63, 3.8) is 0 Å². The number of nitrogens with one attached hydrogen (secondary N) is 1. The van der Waals surface area contributed by atoms with E-state index in [9.17, 15) is 8.42 Å². The molecule has 1 aromatic rings. The third-order valence-corrected chi connectivity index (χ3v) is 5.93. The van der Waals surface area contributed by atoms with Crippen molar-refractivity contribution in [1.29, 1.82) is 0 Å². The van der Waals surface area contributed by atoms with Gasteiger partial charge in [-0.3, -0.25) is 0 Å². The highest BCUT2D eigenvalue weighted by Crippen LogP contribution is 2.26. The van der Waals surface area contributed by atoms with E-state index in [-0.39, 0.29) is 18.4 Å². The average molecular weight is 356 g/mol. The molecule has 24 heavy (non-hydrogen) atoms. The highest BCUT2D eigenvalue weighted by molar-refractivity contribution is 7.89. The van der Waals surface area contributed by atoms with E-state index >= 15 is 0 Å². The predicted octanol–water partition coefficient (Wildman–Crippen LogP) is 3.15. The average Bonchev–Trinajstić information content (AvgIpc) is 3.04. The van der Waals surface area contributed by atoms with Crippen molar-refractivity contribution in [3.8, 4) is 5.75 Å². The fourth-order valence-corrected chi connectivity index (χ4v) is 4.41. The van der Waals surface area contributed by atoms with Crippen LogP contribution in [0, 0.1) is 0 Å². The third-order valence-electron chi connectivity index (χ3n) is 4.39. The molecule has 2 N–H and O–H groups in total. The molecule has 1 aromatic carbocycles. The highest BCUT2D eigenvalue weighted by Gasteiger charge is 2.18. The summed E-state index contributed by atoms with van der Waals surface area (Å²) in [6.45, 7) is 1.96. The van der Waals surface area contributed by atoms with Gasteiger partial charge in [-0.25, -0.2) is 13.1 Å². The number of hydrogen-bond acceptors (Lipinski definition) is 4. The first-order valence-corrected chi connectivity index (χ1v) is 10.5. The van der Waals surface area contributed by atoms with E-state index < -0.39 is 10.0 Å². The summed E-state index contributed by atoms with van der Waals surface area (Å²) in [6, 6.07) is 7.39. The molecule has 1 fully saturated rings. The fraction of sp³-hybridized carbons (Fsp3) is 0.667. The molecular weight excluding hydrogens is 326 g/mol. The molecule has 0 saturated heterocycles. The molecule has 0 aliphatic heterocycles. The van der Waals surface area contributed by atoms with Crippen LogP contribution in [-0.2, 0) is 10.0 Å². The van der Waals surface area contributed by atoms with Gasteiger partial charge in [0.2, 0.25) is 10.0 Å². The molecule has 0 heterocycles. The number of benzene rings is 1. The minimum atomic E-state index is -3.32. The first kappa shape index (κ1) is 19.2. The Bertz CT molecular complexity index is 597. The summed E-state index contributed by atoms with van der Waals surface area (Å²) in [6.07, 6.45) is 6.85. The minimum Gasteiger partial charge on any atom is -0.490 e. The van der Waals surface area contributed by atoms with E-state index in [1.807, 2.05) is 31.2 Å². The van der Waals surface area contributed by atoms with Crippen LogP contribution < -0.4 is 9.46 Å². The van der Waals surface area contributed by atoms with Gasteiger partial charge in [0.05, 0.1) is 11.9 Å². The molecular formula is C18H29NO4S. The quantitative estimate of drug-likeness (QED) is 0.632. The van der Waals surface area contributed by atoms with Crippen molar-refractivity contribution in [1.82, 2.24) is 4.72 Å². The molecule has 0 spiro atoms. The lowest BCUT2D eigenvalue weighted by Crippen LogP contribution is -2.29. The molecule has 0 amide bonds. The largest absolute Gasteiger partial charge is 0.490 e. The Labute approximate surface area is 145 Å². The first-order chi connectivity index (χ1) is 11.5. The van der Waals surface area contributed by atoms with Crippen molar-refractivity contribution in [3.05, 3.63) is 29.8 Å². The Morgan fingerprint density at radius 2 is 2.00 bits per heavy atom. The summed E-state index contributed by atoms with van der Waals surface area (Å²) in [7, 11) is -3.32. The lowest BCUT2D eigenvalue weighted by molar-refractivity contribution is 0.210. The van der Waals surface area contributed by atoms with Crippen LogP contribution in [0.15, 0.2) is 24.3 Å². The van der Waals surface area contributed by atoms with Crippen LogP contribution in [-0.4, -0.2) is 32.0 Å². The SMILES string of the molecule is C[C@@H](NS(=O)(=O)CCCCCO)c1cccc(OC2CCCC2)c1. The van der Waals surface area contributed by atoms with Crippen LogP contribution in [0.2, 0.25) is 0 Å². The Morgan fingerprint density at radius 3 is 2.71 bits per heavy atom. The van der Waals surface area contributed by atoms with Crippen LogP contribution in [0.1, 0.15) is 63.5 Å². The number of ether oxygens (including phenoxy) is 1. The normalized spacial score (nSPS) is 17.1. The molecule has 2 rings (SSSR count). The van der Waals surface area contributed by atoms with E-state index in [0.29, 0.717) is 18.9 Å². The van der Waals surface area contributed by atoms with Crippen molar-refractivity contribution in [2.75, 3.05) is 12.4 Å². The van der Waals surface area contributed by atoms with Crippen LogP contribution in [0.5, 0.6) is 5.75 Å². The zero-order valence-electron chi connectivity index (χ0n) is 14.4. The highest BCUT2D eigenvalue weighted by atomic mass is 32.2. The van der Waals surface area contributed by atoms with Gasteiger partial charge in [0.1, 0.15) is 5.75 Å². The summed E-state index contributed by atoms with van der Waals surface area (Å²) in [5, 5.41) is 8.74. The Kier molecular flexibility index (Phi) is 7.52. The summed E-state index contributed by atoms with van der Waals surface area (Å²) in [5.74, 6) is 0.906. The number of rotatable bonds is 10. The summed E-state index contributed by atoms with van der Waals surface area (Å²) in [5.41, 5.74) is 0.907. The standard InChI is InChI=1S/C18H29NO4S/c1-15(19-24(21,22)13-6-2-5-12-20)16-8-7-11-18(14-16)23-17-9-3-4-10-17/h7-8,11,14-15,17,19-20H,2-6,9-10,12-13H2,1H3/t15-/m1/s1. The topological polar surface area (TPSA) is 75.6 Å². The number of unbranched alkanes of at least 4 members (excludes halogenated alkanes) is 2. The molecule has 1 atom stereocenters. The maximum atomic E-state index is 12.1. The molecule has 0 bridgehead atoms. The van der Waals surface area contributed by atoms with Crippen molar-refractivity contribution >= 4 is 10.0 Å². The number of aliphatic hydroxyl groups is 1. The van der Waals surface area contributed by atoms with Crippen molar-refractivity contribution < 1.29 is 18.3 Å². The zero-order valence-corrected chi connectivity index (χ0v) is 15.2. The molecule has 1 saturated carbocycles. The summed E-state index contributed by atoms with van der Waals surface area (Å²) < 4.78 is 33.0. The molecule has 0 radical (unpaired) electrons. The predicted molar refractivity (Wildman–Crippen MR) is 95.6 cm³/mol. The lowest BCUT2D eigenvalue weighted by atomic mass is 10.1. The van der Waals surface area contributed by atoms with E-state index in [0.717, 1.165) is 30.6 Å². The molecule has 1 aliphatic rings.